The highest BCUT2D eigenvalue weighted by molar-refractivity contribution is 7.07. The zero-order valence-corrected chi connectivity index (χ0v) is 6.53. The Morgan fingerprint density at radius 2 is 2.40 bits per heavy atom. The van der Waals surface area contributed by atoms with Gasteiger partial charge in [-0.15, -0.1) is 11.3 Å². The second kappa shape index (κ2) is 2.68. The molecule has 2 heteroatoms. The molecular weight excluding hydrogens is 142 g/mol. The monoisotopic (exact) mass is 149 g/mol. The number of rotatable bonds is 0. The summed E-state index contributed by atoms with van der Waals surface area (Å²) in [6.45, 7) is 5.56. The average molecular weight is 149 g/mol. The fourth-order valence-corrected chi connectivity index (χ4v) is 1.39. The van der Waals surface area contributed by atoms with Crippen LogP contribution in [0.1, 0.15) is 6.92 Å². The Labute approximate surface area is 63.5 Å². The van der Waals surface area contributed by atoms with Crippen LogP contribution >= 0.6 is 11.3 Å². The Morgan fingerprint density at radius 1 is 1.70 bits per heavy atom. The molecule has 0 amide bonds. The minimum atomic E-state index is 0.764. The van der Waals surface area contributed by atoms with Gasteiger partial charge in [0.25, 0.3) is 0 Å². The summed E-state index contributed by atoms with van der Waals surface area (Å²) in [5.41, 5.74) is 0.764. The molecule has 0 atom stereocenters. The molecule has 1 aromatic rings. The van der Waals surface area contributed by atoms with Crippen LogP contribution < -0.4 is 9.06 Å². The van der Waals surface area contributed by atoms with Crippen molar-refractivity contribution in [3.8, 4) is 6.07 Å². The third-order valence-electron chi connectivity index (χ3n) is 1.20. The topological polar surface area (TPSA) is 23.8 Å². The number of hydrogen-bond acceptors (Lipinski definition) is 2. The Kier molecular flexibility index (Phi) is 1.88. The van der Waals surface area contributed by atoms with Crippen molar-refractivity contribution in [3.63, 3.8) is 0 Å². The van der Waals surface area contributed by atoms with E-state index in [9.17, 15) is 0 Å². The Balaban J connectivity index is 3.46. The van der Waals surface area contributed by atoms with Crippen LogP contribution in [0.2, 0.25) is 0 Å². The van der Waals surface area contributed by atoms with Gasteiger partial charge in [0.15, 0.2) is 0 Å². The minimum Gasteiger partial charge on any atom is -0.193 e. The first-order chi connectivity index (χ1) is 4.74. The minimum absolute atomic E-state index is 0.764. The summed E-state index contributed by atoms with van der Waals surface area (Å²) < 4.78 is 2.03. The predicted octanol–water partition coefficient (Wildman–Crippen LogP) is 0.853. The van der Waals surface area contributed by atoms with Crippen LogP contribution in [0.3, 0.4) is 0 Å². The van der Waals surface area contributed by atoms with Crippen LogP contribution in [-0.2, 0) is 0 Å². The van der Waals surface area contributed by atoms with Crippen molar-refractivity contribution < 1.29 is 0 Å². The second-order valence-electron chi connectivity index (χ2n) is 2.00. The van der Waals surface area contributed by atoms with Gasteiger partial charge < -0.3 is 0 Å². The van der Waals surface area contributed by atoms with Gasteiger partial charge in [-0.05, 0) is 19.1 Å². The van der Waals surface area contributed by atoms with Crippen LogP contribution in [-0.4, -0.2) is 0 Å². The molecule has 1 nitrogen and oxygen atoms in total. The summed E-state index contributed by atoms with van der Waals surface area (Å²) in [4.78, 5) is 0. The molecule has 0 aliphatic rings. The lowest BCUT2D eigenvalue weighted by Crippen LogP contribution is -1.94. The summed E-state index contributed by atoms with van der Waals surface area (Å²) in [6.07, 6.45) is 0. The van der Waals surface area contributed by atoms with E-state index >= 15 is 0 Å². The average Bonchev–Trinajstić information content (AvgIpc) is 2.34. The first kappa shape index (κ1) is 7.04. The maximum absolute atomic E-state index is 8.50. The first-order valence-corrected chi connectivity index (χ1v) is 3.71. The highest BCUT2D eigenvalue weighted by atomic mass is 32.1. The molecule has 0 aliphatic carbocycles. The summed E-state index contributed by atoms with van der Waals surface area (Å²) in [5, 5.41) is 8.50. The van der Waals surface area contributed by atoms with E-state index in [2.05, 4.69) is 12.6 Å². The fourth-order valence-electron chi connectivity index (χ4n) is 0.635. The quantitative estimate of drug-likeness (QED) is 0.536. The lowest BCUT2D eigenvalue weighted by Gasteiger charge is -1.75. The van der Waals surface area contributed by atoms with Gasteiger partial charge in [0.1, 0.15) is 0 Å². The second-order valence-corrected chi connectivity index (χ2v) is 3.17. The molecule has 0 aromatic carbocycles. The highest BCUT2D eigenvalue weighted by Gasteiger charge is 1.87. The number of nitrogens with zero attached hydrogens (tertiary/aromatic N) is 1. The van der Waals surface area contributed by atoms with Crippen molar-refractivity contribution in [3.05, 3.63) is 21.2 Å². The summed E-state index contributed by atoms with van der Waals surface area (Å²) in [5.74, 6) is 0. The van der Waals surface area contributed by atoms with Crippen molar-refractivity contribution in [1.82, 2.24) is 0 Å². The molecule has 10 heavy (non-hydrogen) atoms. The maximum atomic E-state index is 8.50. The maximum Gasteiger partial charge on any atom is 0.0958 e. The molecule has 0 saturated carbocycles. The van der Waals surface area contributed by atoms with Crippen molar-refractivity contribution >= 4 is 23.5 Å². The summed E-state index contributed by atoms with van der Waals surface area (Å²) in [7, 11) is 0. The number of nitriles is 1. The lowest BCUT2D eigenvalue weighted by molar-refractivity contribution is 1.52. The largest absolute Gasteiger partial charge is 0.193 e. The van der Waals surface area contributed by atoms with E-state index in [0.717, 1.165) is 14.6 Å². The van der Waals surface area contributed by atoms with Gasteiger partial charge in [0.2, 0.25) is 0 Å². The first-order valence-electron chi connectivity index (χ1n) is 2.90. The van der Waals surface area contributed by atoms with Gasteiger partial charge in [-0.2, -0.15) is 5.26 Å². The van der Waals surface area contributed by atoms with Gasteiger partial charge in [-0.3, -0.25) is 0 Å². The number of thiophene rings is 1. The number of hydrogen-bond donors (Lipinski definition) is 0. The van der Waals surface area contributed by atoms with Crippen LogP contribution in [0, 0.1) is 11.3 Å². The predicted molar refractivity (Wildman–Crippen MR) is 43.8 cm³/mol. The molecule has 1 rings (SSSR count). The summed E-state index contributed by atoms with van der Waals surface area (Å²) in [6, 6.07) is 5.93. The van der Waals surface area contributed by atoms with Gasteiger partial charge in [-0.25, -0.2) is 0 Å². The molecule has 0 N–H and O–H groups in total. The smallest absolute Gasteiger partial charge is 0.0958 e. The van der Waals surface area contributed by atoms with Crippen molar-refractivity contribution in [2.45, 2.75) is 6.92 Å². The third kappa shape index (κ3) is 1.26. The molecule has 1 aromatic heterocycles. The van der Waals surface area contributed by atoms with E-state index in [1.165, 1.54) is 0 Å². The van der Waals surface area contributed by atoms with E-state index in [4.69, 9.17) is 5.26 Å². The zero-order chi connectivity index (χ0) is 7.56. The van der Waals surface area contributed by atoms with Crippen LogP contribution in [0.15, 0.2) is 12.1 Å². The van der Waals surface area contributed by atoms with Gasteiger partial charge in [0.05, 0.1) is 6.07 Å². The van der Waals surface area contributed by atoms with E-state index in [1.807, 2.05) is 19.1 Å². The molecule has 0 saturated heterocycles. The van der Waals surface area contributed by atoms with Gasteiger partial charge in [-0.1, -0.05) is 6.58 Å². The molecule has 0 radical (unpaired) electrons. The van der Waals surface area contributed by atoms with E-state index in [-0.39, 0.29) is 0 Å². The van der Waals surface area contributed by atoms with E-state index in [1.54, 1.807) is 11.3 Å². The Hall–Kier alpha value is -1.07. The summed E-state index contributed by atoms with van der Waals surface area (Å²) >= 11 is 1.55. The normalized spacial score (nSPS) is 12.4. The van der Waals surface area contributed by atoms with Crippen LogP contribution in [0.4, 0.5) is 0 Å². The molecule has 0 unspecified atom stereocenters. The molecule has 0 spiro atoms. The molecule has 50 valence electrons. The standard InChI is InChI=1S/C8H7NS/c1-6(5-9)8-4-3-7(2)10-8/h3-4H,2H2,1H3/b8-6-. The Morgan fingerprint density at radius 3 is 2.80 bits per heavy atom. The Bertz CT molecular complexity index is 367. The van der Waals surface area contributed by atoms with Gasteiger partial charge >= 0.3 is 0 Å². The fraction of sp³-hybridized carbons (Fsp3) is 0.125. The molecule has 0 fully saturated rings. The molecular formula is C8H7NS. The van der Waals surface area contributed by atoms with Crippen LogP contribution in [0.25, 0.3) is 12.2 Å². The lowest BCUT2D eigenvalue weighted by atomic mass is 10.3. The SMILES string of the molecule is C=c1cc/c(=C(\C)C#N)s1. The highest BCUT2D eigenvalue weighted by Crippen LogP contribution is 1.87. The van der Waals surface area contributed by atoms with E-state index in [0.29, 0.717) is 0 Å². The van der Waals surface area contributed by atoms with E-state index < -0.39 is 0 Å². The zero-order valence-electron chi connectivity index (χ0n) is 5.72. The van der Waals surface area contributed by atoms with Crippen molar-refractivity contribution in [2.75, 3.05) is 0 Å². The van der Waals surface area contributed by atoms with Crippen LogP contribution in [0.5, 0.6) is 0 Å². The third-order valence-corrected chi connectivity index (χ3v) is 2.26. The molecule has 0 bridgehead atoms. The molecule has 1 heterocycles. The van der Waals surface area contributed by atoms with Crippen molar-refractivity contribution in [2.24, 2.45) is 0 Å². The van der Waals surface area contributed by atoms with Crippen molar-refractivity contribution in [1.29, 1.82) is 5.26 Å². The van der Waals surface area contributed by atoms with Gasteiger partial charge in [0, 0.05) is 14.6 Å². The molecule has 0 aliphatic heterocycles.